The van der Waals surface area contributed by atoms with E-state index >= 15 is 0 Å². The van der Waals surface area contributed by atoms with Gasteiger partial charge in [-0.3, -0.25) is 14.4 Å². The molecule has 1 aromatic rings. The van der Waals surface area contributed by atoms with E-state index < -0.39 is 17.7 Å². The standard InChI is InChI=1S/C18H23FN2O4/c1-12-15(18(24)25)4-3-11-21(12)16(22)5-2-10-20-17(23)13-6-8-14(19)9-7-13/h6-9,12,15H,2-5,10-11H2,1H3,(H,20,23)(H,24,25)/t12-,15-/m1/s1. The summed E-state index contributed by atoms with van der Waals surface area (Å²) in [7, 11) is 0. The maximum atomic E-state index is 12.8. The Kier molecular flexibility index (Phi) is 6.50. The summed E-state index contributed by atoms with van der Waals surface area (Å²) >= 11 is 0. The number of carbonyl (C=O) groups excluding carboxylic acids is 2. The van der Waals surface area contributed by atoms with Crippen LogP contribution in [0.25, 0.3) is 0 Å². The molecule has 1 saturated heterocycles. The van der Waals surface area contributed by atoms with E-state index in [1.807, 2.05) is 0 Å². The van der Waals surface area contributed by atoms with Gasteiger partial charge in [0, 0.05) is 31.1 Å². The highest BCUT2D eigenvalue weighted by atomic mass is 19.1. The molecule has 0 aromatic heterocycles. The lowest BCUT2D eigenvalue weighted by atomic mass is 9.90. The fourth-order valence-electron chi connectivity index (χ4n) is 3.11. The number of halogens is 1. The van der Waals surface area contributed by atoms with Crippen molar-refractivity contribution in [3.63, 3.8) is 0 Å². The Morgan fingerprint density at radius 1 is 1.28 bits per heavy atom. The number of amides is 2. The van der Waals surface area contributed by atoms with Gasteiger partial charge >= 0.3 is 5.97 Å². The second-order valence-corrected chi connectivity index (χ2v) is 6.28. The number of hydrogen-bond donors (Lipinski definition) is 2. The minimum atomic E-state index is -0.864. The predicted octanol–water partition coefficient (Wildman–Crippen LogP) is 2.05. The monoisotopic (exact) mass is 350 g/mol. The van der Waals surface area contributed by atoms with Crippen molar-refractivity contribution in [1.82, 2.24) is 10.2 Å². The molecule has 0 unspecified atom stereocenters. The van der Waals surface area contributed by atoms with Crippen molar-refractivity contribution >= 4 is 17.8 Å². The molecule has 136 valence electrons. The van der Waals surface area contributed by atoms with Gasteiger partial charge in [-0.1, -0.05) is 0 Å². The molecule has 7 heteroatoms. The van der Waals surface area contributed by atoms with Gasteiger partial charge in [0.25, 0.3) is 5.91 Å². The number of carbonyl (C=O) groups is 3. The zero-order valence-electron chi connectivity index (χ0n) is 14.2. The van der Waals surface area contributed by atoms with Crippen LogP contribution in [0.2, 0.25) is 0 Å². The average Bonchev–Trinajstić information content (AvgIpc) is 2.58. The van der Waals surface area contributed by atoms with E-state index in [1.54, 1.807) is 11.8 Å². The van der Waals surface area contributed by atoms with Crippen molar-refractivity contribution in [2.24, 2.45) is 5.92 Å². The summed E-state index contributed by atoms with van der Waals surface area (Å²) in [6.07, 6.45) is 2.00. The van der Waals surface area contributed by atoms with Gasteiger partial charge in [0.15, 0.2) is 0 Å². The maximum absolute atomic E-state index is 12.8. The second-order valence-electron chi connectivity index (χ2n) is 6.28. The van der Waals surface area contributed by atoms with E-state index in [-0.39, 0.29) is 24.3 Å². The Hall–Kier alpha value is -2.44. The number of likely N-dealkylation sites (tertiary alicyclic amines) is 1. The van der Waals surface area contributed by atoms with Gasteiger partial charge in [0.05, 0.1) is 5.92 Å². The Morgan fingerprint density at radius 3 is 2.60 bits per heavy atom. The summed E-state index contributed by atoms with van der Waals surface area (Å²) in [4.78, 5) is 37.0. The van der Waals surface area contributed by atoms with Crippen LogP contribution in [0.5, 0.6) is 0 Å². The maximum Gasteiger partial charge on any atom is 0.308 e. The van der Waals surface area contributed by atoms with Crippen molar-refractivity contribution in [3.05, 3.63) is 35.6 Å². The highest BCUT2D eigenvalue weighted by Gasteiger charge is 2.34. The Bertz CT molecular complexity index is 632. The summed E-state index contributed by atoms with van der Waals surface area (Å²) in [5, 5.41) is 11.9. The number of aliphatic carboxylic acids is 1. The van der Waals surface area contributed by atoms with Crippen LogP contribution in [0.3, 0.4) is 0 Å². The van der Waals surface area contributed by atoms with Crippen molar-refractivity contribution < 1.29 is 23.9 Å². The van der Waals surface area contributed by atoms with Gasteiger partial charge in [0.2, 0.25) is 5.91 Å². The first-order chi connectivity index (χ1) is 11.9. The number of carboxylic acid groups (broad SMARTS) is 1. The molecule has 0 saturated carbocycles. The van der Waals surface area contributed by atoms with Gasteiger partial charge in [-0.25, -0.2) is 4.39 Å². The Morgan fingerprint density at radius 2 is 1.96 bits per heavy atom. The first-order valence-electron chi connectivity index (χ1n) is 8.46. The number of hydrogen-bond acceptors (Lipinski definition) is 3. The minimum absolute atomic E-state index is 0.0884. The molecule has 2 N–H and O–H groups in total. The molecule has 0 bridgehead atoms. The normalized spacial score (nSPS) is 20.2. The molecule has 25 heavy (non-hydrogen) atoms. The summed E-state index contributed by atoms with van der Waals surface area (Å²) in [6, 6.07) is 4.92. The van der Waals surface area contributed by atoms with E-state index in [4.69, 9.17) is 0 Å². The minimum Gasteiger partial charge on any atom is -0.481 e. The number of carboxylic acids is 1. The van der Waals surface area contributed by atoms with Crippen molar-refractivity contribution in [3.8, 4) is 0 Å². The lowest BCUT2D eigenvalue weighted by Gasteiger charge is -2.37. The molecule has 0 spiro atoms. The average molecular weight is 350 g/mol. The highest BCUT2D eigenvalue weighted by Crippen LogP contribution is 2.24. The number of benzene rings is 1. The van der Waals surface area contributed by atoms with Gasteiger partial charge in [-0.05, 0) is 50.5 Å². The van der Waals surface area contributed by atoms with Crippen LogP contribution in [-0.4, -0.2) is 46.9 Å². The van der Waals surface area contributed by atoms with E-state index in [9.17, 15) is 23.9 Å². The summed E-state index contributed by atoms with van der Waals surface area (Å²) in [5.74, 6) is -2.19. The Balaban J connectivity index is 1.75. The van der Waals surface area contributed by atoms with Crippen LogP contribution >= 0.6 is 0 Å². The zero-order valence-corrected chi connectivity index (χ0v) is 14.2. The van der Waals surface area contributed by atoms with Crippen LogP contribution in [0.4, 0.5) is 4.39 Å². The molecular formula is C18H23FN2O4. The van der Waals surface area contributed by atoms with E-state index in [0.29, 0.717) is 37.9 Å². The first-order valence-corrected chi connectivity index (χ1v) is 8.46. The fraction of sp³-hybridized carbons (Fsp3) is 0.500. The molecular weight excluding hydrogens is 327 g/mol. The molecule has 2 rings (SSSR count). The number of rotatable bonds is 6. The number of piperidine rings is 1. The molecule has 1 aliphatic heterocycles. The molecule has 0 aliphatic carbocycles. The molecule has 1 heterocycles. The van der Waals surface area contributed by atoms with Gasteiger partial charge in [-0.15, -0.1) is 0 Å². The number of nitrogens with zero attached hydrogens (tertiary/aromatic N) is 1. The van der Waals surface area contributed by atoms with E-state index in [0.717, 1.165) is 0 Å². The molecule has 1 fully saturated rings. The molecule has 6 nitrogen and oxygen atoms in total. The van der Waals surface area contributed by atoms with Gasteiger partial charge < -0.3 is 15.3 Å². The highest BCUT2D eigenvalue weighted by molar-refractivity contribution is 5.94. The van der Waals surface area contributed by atoms with Crippen molar-refractivity contribution in [2.45, 2.75) is 38.6 Å². The second kappa shape index (κ2) is 8.60. The van der Waals surface area contributed by atoms with Crippen LogP contribution in [0, 0.1) is 11.7 Å². The third-order valence-corrected chi connectivity index (χ3v) is 4.59. The van der Waals surface area contributed by atoms with E-state index in [2.05, 4.69) is 5.32 Å². The molecule has 1 aromatic carbocycles. The lowest BCUT2D eigenvalue weighted by Crippen LogP contribution is -2.49. The van der Waals surface area contributed by atoms with E-state index in [1.165, 1.54) is 24.3 Å². The quantitative estimate of drug-likeness (QED) is 0.769. The third kappa shape index (κ3) is 5.01. The molecule has 0 radical (unpaired) electrons. The van der Waals surface area contributed by atoms with Crippen LogP contribution < -0.4 is 5.32 Å². The van der Waals surface area contributed by atoms with Crippen molar-refractivity contribution in [2.75, 3.05) is 13.1 Å². The van der Waals surface area contributed by atoms with Crippen LogP contribution in [0.1, 0.15) is 43.0 Å². The Labute approximate surface area is 146 Å². The first kappa shape index (κ1) is 18.9. The number of nitrogens with one attached hydrogen (secondary N) is 1. The fourth-order valence-corrected chi connectivity index (χ4v) is 3.11. The van der Waals surface area contributed by atoms with Crippen LogP contribution in [0.15, 0.2) is 24.3 Å². The molecule has 2 atom stereocenters. The van der Waals surface area contributed by atoms with Crippen molar-refractivity contribution in [1.29, 1.82) is 0 Å². The SMILES string of the molecule is C[C@@H]1[C@H](C(=O)O)CCCN1C(=O)CCCNC(=O)c1ccc(F)cc1. The largest absolute Gasteiger partial charge is 0.481 e. The predicted molar refractivity (Wildman–Crippen MR) is 89.5 cm³/mol. The summed E-state index contributed by atoms with van der Waals surface area (Å²) in [5.41, 5.74) is 0.363. The van der Waals surface area contributed by atoms with Crippen LogP contribution in [-0.2, 0) is 9.59 Å². The topological polar surface area (TPSA) is 86.7 Å². The molecule has 2 amide bonds. The zero-order chi connectivity index (χ0) is 18.4. The third-order valence-electron chi connectivity index (χ3n) is 4.59. The lowest BCUT2D eigenvalue weighted by molar-refractivity contribution is -0.149. The molecule has 1 aliphatic rings. The van der Waals surface area contributed by atoms with Gasteiger partial charge in [-0.2, -0.15) is 0 Å². The summed E-state index contributed by atoms with van der Waals surface area (Å²) < 4.78 is 12.8. The van der Waals surface area contributed by atoms with Gasteiger partial charge in [0.1, 0.15) is 5.82 Å². The summed E-state index contributed by atoms with van der Waals surface area (Å²) in [6.45, 7) is 2.67. The smallest absolute Gasteiger partial charge is 0.308 e.